The minimum Gasteiger partial charge on any atom is -0.454 e. The van der Waals surface area contributed by atoms with E-state index in [9.17, 15) is 19.2 Å². The molecule has 3 aromatic carbocycles. The van der Waals surface area contributed by atoms with Crippen LogP contribution in [-0.2, 0) is 27.2 Å². The van der Waals surface area contributed by atoms with Crippen molar-refractivity contribution in [2.45, 2.75) is 25.3 Å². The van der Waals surface area contributed by atoms with Crippen molar-refractivity contribution in [3.63, 3.8) is 0 Å². The number of anilines is 1. The highest BCUT2D eigenvalue weighted by molar-refractivity contribution is 6.22. The summed E-state index contributed by atoms with van der Waals surface area (Å²) in [6, 6.07) is 22.1. The molecule has 0 saturated carbocycles. The van der Waals surface area contributed by atoms with E-state index in [0.29, 0.717) is 6.54 Å². The lowest BCUT2D eigenvalue weighted by molar-refractivity contribution is -0.151. The first kappa shape index (κ1) is 22.5. The van der Waals surface area contributed by atoms with E-state index in [0.717, 1.165) is 34.6 Å². The maximum absolute atomic E-state index is 13.3. The van der Waals surface area contributed by atoms with Crippen molar-refractivity contribution in [2.75, 3.05) is 18.1 Å². The highest BCUT2D eigenvalue weighted by Gasteiger charge is 2.43. The van der Waals surface area contributed by atoms with Crippen molar-refractivity contribution in [1.82, 2.24) is 4.90 Å². The van der Waals surface area contributed by atoms with Crippen LogP contribution in [0.4, 0.5) is 5.69 Å². The molecule has 2 heterocycles. The van der Waals surface area contributed by atoms with Crippen LogP contribution < -0.4 is 4.90 Å². The summed E-state index contributed by atoms with van der Waals surface area (Å²) in [5, 5.41) is 0. The normalized spacial score (nSPS) is 15.4. The zero-order chi connectivity index (χ0) is 24.4. The third-order valence-corrected chi connectivity index (χ3v) is 6.43. The Morgan fingerprint density at radius 1 is 0.829 bits per heavy atom. The van der Waals surface area contributed by atoms with Gasteiger partial charge in [-0.15, -0.1) is 0 Å². The maximum Gasteiger partial charge on any atom is 0.330 e. The van der Waals surface area contributed by atoms with Crippen LogP contribution in [0.5, 0.6) is 0 Å². The van der Waals surface area contributed by atoms with E-state index in [-0.39, 0.29) is 23.5 Å². The average Bonchev–Trinajstić information content (AvgIpc) is 3.15. The Hall–Kier alpha value is -4.26. The molecule has 2 aliphatic rings. The number of benzene rings is 3. The first-order valence-electron chi connectivity index (χ1n) is 11.6. The van der Waals surface area contributed by atoms with Crippen molar-refractivity contribution in [3.05, 3.63) is 101 Å². The van der Waals surface area contributed by atoms with Gasteiger partial charge in [-0.25, -0.2) is 4.79 Å². The first-order chi connectivity index (χ1) is 17.0. The zero-order valence-corrected chi connectivity index (χ0v) is 19.1. The SMILES string of the molecule is O=C(OCC(=O)N1CCCc2ccccc21)[C@H](Cc1ccccc1)N1C(=O)c2ccccc2C1=O. The van der Waals surface area contributed by atoms with Crippen LogP contribution in [0.1, 0.15) is 38.3 Å². The third kappa shape index (κ3) is 4.33. The molecule has 176 valence electrons. The molecule has 0 N–H and O–H groups in total. The molecule has 7 heteroatoms. The number of aryl methyl sites for hydroxylation is 1. The maximum atomic E-state index is 13.3. The number of carbonyl (C=O) groups excluding carboxylic acids is 4. The number of ether oxygens (including phenoxy) is 1. The van der Waals surface area contributed by atoms with Gasteiger partial charge < -0.3 is 9.64 Å². The Bertz CT molecular complexity index is 1270. The van der Waals surface area contributed by atoms with Gasteiger partial charge in [0.25, 0.3) is 17.7 Å². The molecule has 3 amide bonds. The van der Waals surface area contributed by atoms with E-state index >= 15 is 0 Å². The number of carbonyl (C=O) groups is 4. The van der Waals surface area contributed by atoms with Gasteiger partial charge in [-0.05, 0) is 42.2 Å². The van der Waals surface area contributed by atoms with Crippen LogP contribution in [0.2, 0.25) is 0 Å². The second kappa shape index (κ2) is 9.54. The molecule has 7 nitrogen and oxygen atoms in total. The average molecular weight is 469 g/mol. The van der Waals surface area contributed by atoms with Crippen molar-refractivity contribution in [3.8, 4) is 0 Å². The smallest absolute Gasteiger partial charge is 0.330 e. The van der Waals surface area contributed by atoms with Crippen LogP contribution in [0.25, 0.3) is 0 Å². The summed E-state index contributed by atoms with van der Waals surface area (Å²) < 4.78 is 5.44. The Morgan fingerprint density at radius 2 is 1.46 bits per heavy atom. The lowest BCUT2D eigenvalue weighted by atomic mass is 10.0. The summed E-state index contributed by atoms with van der Waals surface area (Å²) >= 11 is 0. The van der Waals surface area contributed by atoms with Gasteiger partial charge in [-0.2, -0.15) is 0 Å². The van der Waals surface area contributed by atoms with Gasteiger partial charge in [0.2, 0.25) is 0 Å². The molecule has 0 aliphatic carbocycles. The number of amides is 3. The Morgan fingerprint density at radius 3 is 2.17 bits per heavy atom. The fraction of sp³-hybridized carbons (Fsp3) is 0.214. The second-order valence-electron chi connectivity index (χ2n) is 8.62. The Balaban J connectivity index is 1.36. The quantitative estimate of drug-likeness (QED) is 0.409. The molecule has 0 fully saturated rings. The van der Waals surface area contributed by atoms with E-state index in [4.69, 9.17) is 4.74 Å². The van der Waals surface area contributed by atoms with E-state index in [2.05, 4.69) is 0 Å². The number of hydrogen-bond acceptors (Lipinski definition) is 5. The standard InChI is InChI=1S/C28H24N2O5/c31-25(29-16-8-12-20-11-4-7-15-23(20)29)18-35-28(34)24(17-19-9-2-1-3-10-19)30-26(32)21-13-5-6-14-22(21)27(30)33/h1-7,9-11,13-15,24H,8,12,16-18H2/t24-/m0/s1. The first-order valence-corrected chi connectivity index (χ1v) is 11.6. The molecule has 0 saturated heterocycles. The number of nitrogens with zero attached hydrogens (tertiary/aromatic N) is 2. The number of imide groups is 1. The zero-order valence-electron chi connectivity index (χ0n) is 19.1. The van der Waals surface area contributed by atoms with Gasteiger partial charge in [0.15, 0.2) is 6.61 Å². The van der Waals surface area contributed by atoms with Crippen LogP contribution in [-0.4, -0.2) is 47.8 Å². The lowest BCUT2D eigenvalue weighted by Crippen LogP contribution is -2.48. The van der Waals surface area contributed by atoms with Crippen LogP contribution in [0.3, 0.4) is 0 Å². The summed E-state index contributed by atoms with van der Waals surface area (Å²) in [6.07, 6.45) is 1.80. The molecule has 5 rings (SSSR count). The molecular formula is C28H24N2O5. The molecule has 0 unspecified atom stereocenters. The number of esters is 1. The molecular weight excluding hydrogens is 444 g/mol. The topological polar surface area (TPSA) is 84.0 Å². The van der Waals surface area contributed by atoms with Crippen molar-refractivity contribution >= 4 is 29.4 Å². The van der Waals surface area contributed by atoms with Crippen molar-refractivity contribution in [1.29, 1.82) is 0 Å². The number of rotatable bonds is 6. The summed E-state index contributed by atoms with van der Waals surface area (Å²) in [5.74, 6) is -2.21. The third-order valence-electron chi connectivity index (χ3n) is 6.43. The molecule has 2 aliphatic heterocycles. The summed E-state index contributed by atoms with van der Waals surface area (Å²) in [7, 11) is 0. The van der Waals surface area contributed by atoms with Crippen LogP contribution in [0, 0.1) is 0 Å². The van der Waals surface area contributed by atoms with E-state index in [1.54, 1.807) is 29.2 Å². The van der Waals surface area contributed by atoms with Crippen LogP contribution >= 0.6 is 0 Å². The molecule has 3 aromatic rings. The van der Waals surface area contributed by atoms with Crippen molar-refractivity contribution in [2.24, 2.45) is 0 Å². The predicted octanol–water partition coefficient (Wildman–Crippen LogP) is 3.42. The fourth-order valence-electron chi connectivity index (χ4n) is 4.71. The van der Waals surface area contributed by atoms with Gasteiger partial charge in [0.1, 0.15) is 6.04 Å². The van der Waals surface area contributed by atoms with E-state index in [1.165, 1.54) is 0 Å². The number of para-hydroxylation sites is 1. The largest absolute Gasteiger partial charge is 0.454 e. The molecule has 1 atom stereocenters. The highest BCUT2D eigenvalue weighted by atomic mass is 16.5. The lowest BCUT2D eigenvalue weighted by Gasteiger charge is -2.30. The Kier molecular flexibility index (Phi) is 6.14. The summed E-state index contributed by atoms with van der Waals surface area (Å²) in [4.78, 5) is 55.0. The van der Waals surface area contributed by atoms with Gasteiger partial charge in [0, 0.05) is 18.7 Å². The Labute approximate surface area is 202 Å². The van der Waals surface area contributed by atoms with Gasteiger partial charge in [-0.1, -0.05) is 60.7 Å². The van der Waals surface area contributed by atoms with E-state index < -0.39 is 30.4 Å². The molecule has 0 spiro atoms. The number of fused-ring (bicyclic) bond motifs is 2. The van der Waals surface area contributed by atoms with Crippen LogP contribution in [0.15, 0.2) is 78.9 Å². The van der Waals surface area contributed by atoms with E-state index in [1.807, 2.05) is 54.6 Å². The predicted molar refractivity (Wildman–Crippen MR) is 129 cm³/mol. The molecule has 0 bridgehead atoms. The van der Waals surface area contributed by atoms with Gasteiger partial charge in [-0.3, -0.25) is 19.3 Å². The summed E-state index contributed by atoms with van der Waals surface area (Å²) in [5.41, 5.74) is 3.17. The minimum absolute atomic E-state index is 0.0892. The monoisotopic (exact) mass is 468 g/mol. The summed E-state index contributed by atoms with van der Waals surface area (Å²) in [6.45, 7) is 0.0703. The second-order valence-corrected chi connectivity index (χ2v) is 8.62. The number of hydrogen-bond donors (Lipinski definition) is 0. The van der Waals surface area contributed by atoms with Crippen molar-refractivity contribution < 1.29 is 23.9 Å². The van der Waals surface area contributed by atoms with Gasteiger partial charge >= 0.3 is 5.97 Å². The highest BCUT2D eigenvalue weighted by Crippen LogP contribution is 2.28. The molecule has 35 heavy (non-hydrogen) atoms. The minimum atomic E-state index is -1.19. The fourth-order valence-corrected chi connectivity index (χ4v) is 4.71. The van der Waals surface area contributed by atoms with Gasteiger partial charge in [0.05, 0.1) is 11.1 Å². The molecule has 0 aromatic heterocycles. The molecule has 0 radical (unpaired) electrons.